The van der Waals surface area contributed by atoms with E-state index in [9.17, 15) is 43.1 Å². The van der Waals surface area contributed by atoms with Gasteiger partial charge in [-0.1, -0.05) is 194 Å². The second-order valence-electron chi connectivity index (χ2n) is 34.4. The first-order valence-corrected chi connectivity index (χ1v) is 52.1. The lowest BCUT2D eigenvalue weighted by molar-refractivity contribution is -0.131. The molecule has 20 rings (SSSR count). The van der Waals surface area contributed by atoms with Crippen LogP contribution >= 0.6 is 87.1 Å². The maximum atomic E-state index is 13.7. The first-order valence-electron chi connectivity index (χ1n) is 46.3. The lowest BCUT2D eigenvalue weighted by Gasteiger charge is -2.35. The van der Waals surface area contributed by atoms with Crippen molar-refractivity contribution in [3.05, 3.63) is 302 Å². The number of benzene rings is 10. The number of nitrogens with zero attached hydrogens (tertiary/aromatic N) is 12. The molecule has 1 saturated heterocycles. The van der Waals surface area contributed by atoms with Crippen molar-refractivity contribution in [3.63, 3.8) is 0 Å². The van der Waals surface area contributed by atoms with Crippen LogP contribution in [0.5, 0.6) is 28.7 Å². The number of nitrogens with one attached hydrogen (secondary N) is 3. The molecule has 5 aliphatic heterocycles. The lowest BCUT2D eigenvalue weighted by Crippen LogP contribution is -2.43. The highest BCUT2D eigenvalue weighted by Gasteiger charge is 2.32. The third-order valence-corrected chi connectivity index (χ3v) is 30.1. The number of imidazole rings is 1. The van der Waals surface area contributed by atoms with Crippen LogP contribution in [0, 0.1) is 30.0 Å². The van der Waals surface area contributed by atoms with Gasteiger partial charge >= 0.3 is 0 Å². The predicted octanol–water partition coefficient (Wildman–Crippen LogP) is 20.7. The molecule has 0 bridgehead atoms. The molecule has 2 unspecified atom stereocenters. The summed E-state index contributed by atoms with van der Waals surface area (Å²) in [6.45, 7) is 11.9. The molecular formula is C107H107BrFN15O12S6. The van der Waals surface area contributed by atoms with E-state index in [0.29, 0.717) is 102 Å². The summed E-state index contributed by atoms with van der Waals surface area (Å²) < 4.78 is 41.4. The van der Waals surface area contributed by atoms with E-state index in [2.05, 4.69) is 62.9 Å². The molecule has 4 aromatic heterocycles. The Balaban J connectivity index is 0.000000134. The fourth-order valence-corrected chi connectivity index (χ4v) is 22.8. The van der Waals surface area contributed by atoms with Crippen LogP contribution in [0.2, 0.25) is 0 Å². The minimum Gasteiger partial charge on any atom is -0.507 e. The molecule has 1 saturated carbocycles. The molecule has 3 amide bonds. The molecular weight excluding hydrogens is 1980 g/mol. The number of aromatic hydroxyl groups is 1. The third-order valence-electron chi connectivity index (χ3n) is 24.3. The first kappa shape index (κ1) is 103. The number of amides is 3. The van der Waals surface area contributed by atoms with E-state index < -0.39 is 0 Å². The molecule has 142 heavy (non-hydrogen) atoms. The normalized spacial score (nSPS) is 14.9. The predicted molar refractivity (Wildman–Crippen MR) is 570 cm³/mol. The summed E-state index contributed by atoms with van der Waals surface area (Å²) in [5.74, 6) is 4.81. The number of methoxy groups -OCH3 is 3. The summed E-state index contributed by atoms with van der Waals surface area (Å²) >= 11 is 8.07. The van der Waals surface area contributed by atoms with Crippen LogP contribution in [0.25, 0.3) is 33.3 Å². The zero-order valence-electron chi connectivity index (χ0n) is 79.4. The summed E-state index contributed by atoms with van der Waals surface area (Å²) in [7, 11) is 4.87. The standard InChI is InChI=1S/C24H25N3O3S.C23H29N5O2S.C23H20N2O3S.C19H15FN4O2S2.C18H17NO2S.BrH/c28-22(25-17-12-11-16-6-5-13-30-21(16)14-17)15-31-24-26-20-10-4-3-9-19(20)23(29)27(24)18-7-1-2-8-18;1-14-8-15(2)12-27(11-14)20(29)13-31-23-26-19-10-25-16(3)21(19)22(24)28(23)17-6-5-7-18(9-17)30-4;1-15-7-12-18(21(26)13-15)22(27)14-29-23-24-19-5-3-4-6-20(19)25(23)16-8-10-17(28-2)11-9-16;20-14-6-2-3-7-15(14)21-18-22-23-19(28-18)27-11-17(26)24-10-13(25)9-12-5-1-4-8-16(12)24;1-21-15-8-6-14(7-9-15)17(20)12-22-18-16-5-3-2-4-13(16)10-11-19-18;/h3-4,9-12,14,18H,1-2,5-8,13,15H2,(H,25,28);5-7,9,14-15,24H,8,10-13H2,1-4H3;3-13,26H,14H2,1-2H3;1-8H,9-11H2,(H,21,22);2-9H,10-12H2,1H3;1H. The Bertz CT molecular complexity index is 7150. The number of hydrogen-bond donors (Lipinski definition) is 4. The molecule has 0 spiro atoms. The molecule has 14 aromatic rings. The molecule has 9 heterocycles. The quantitative estimate of drug-likeness (QED) is 0.0235. The minimum atomic E-state index is -0.379. The van der Waals surface area contributed by atoms with E-state index >= 15 is 0 Å². The van der Waals surface area contributed by atoms with Gasteiger partial charge in [0.15, 0.2) is 37.2 Å². The maximum Gasteiger partial charge on any atom is 0.262 e. The Kier molecular flexibility index (Phi) is 35.7. The van der Waals surface area contributed by atoms with Gasteiger partial charge in [0.05, 0.1) is 125 Å². The molecule has 2 fully saturated rings. The number of phenols is 1. The summed E-state index contributed by atoms with van der Waals surface area (Å²) in [4.78, 5) is 115. The van der Waals surface area contributed by atoms with Gasteiger partial charge in [0.2, 0.25) is 22.9 Å². The highest BCUT2D eigenvalue weighted by atomic mass is 79.9. The van der Waals surface area contributed by atoms with Crippen molar-refractivity contribution in [1.82, 2.24) is 43.8 Å². The van der Waals surface area contributed by atoms with Crippen LogP contribution in [0.15, 0.2) is 265 Å². The number of phenolic OH excluding ortho intramolecular Hbond substituents is 1. The van der Waals surface area contributed by atoms with Gasteiger partial charge in [-0.2, -0.15) is 0 Å². The maximum absolute atomic E-state index is 13.7. The lowest BCUT2D eigenvalue weighted by atomic mass is 9.92. The van der Waals surface area contributed by atoms with Gasteiger partial charge in [-0.05, 0) is 208 Å². The number of likely N-dealkylation sites (tertiary alicyclic amines) is 1. The van der Waals surface area contributed by atoms with Crippen molar-refractivity contribution in [3.8, 4) is 40.1 Å². The van der Waals surface area contributed by atoms with Gasteiger partial charge in [-0.15, -0.1) is 27.2 Å². The second-order valence-corrected chi connectivity index (χ2v) is 40.4. The number of anilines is 4. The van der Waals surface area contributed by atoms with Crippen molar-refractivity contribution in [2.75, 3.05) is 98.4 Å². The van der Waals surface area contributed by atoms with Crippen LogP contribution in [0.1, 0.15) is 125 Å². The number of ether oxygens (including phenoxy) is 4. The van der Waals surface area contributed by atoms with Crippen molar-refractivity contribution >= 4 is 177 Å². The Morgan fingerprint density at radius 3 is 2.03 bits per heavy atom. The van der Waals surface area contributed by atoms with Crippen molar-refractivity contribution in [1.29, 1.82) is 5.41 Å². The van der Waals surface area contributed by atoms with Gasteiger partial charge in [0.25, 0.3) is 5.56 Å². The van der Waals surface area contributed by atoms with E-state index in [-0.39, 0.29) is 99.0 Å². The number of hydrogen-bond acceptors (Lipinski definition) is 27. The monoisotopic (exact) mass is 2080 g/mol. The van der Waals surface area contributed by atoms with Crippen molar-refractivity contribution in [2.24, 2.45) is 21.8 Å². The molecule has 0 radical (unpaired) electrons. The number of rotatable bonds is 25. The number of carbonyl (C=O) groups is 6. The van der Waals surface area contributed by atoms with Gasteiger partial charge < -0.3 is 44.5 Å². The highest BCUT2D eigenvalue weighted by Crippen LogP contribution is 2.38. The van der Waals surface area contributed by atoms with Crippen molar-refractivity contribution in [2.45, 2.75) is 118 Å². The van der Waals surface area contributed by atoms with E-state index in [0.717, 1.165) is 154 Å². The smallest absolute Gasteiger partial charge is 0.262 e. The molecule has 1 aliphatic carbocycles. The van der Waals surface area contributed by atoms with Crippen LogP contribution in [0.4, 0.5) is 26.6 Å². The number of fused-ring (bicyclic) bond motifs is 6. The average molecular weight is 2090 g/mol. The molecule has 10 aromatic carbocycles. The molecule has 27 nitrogen and oxygen atoms in total. The van der Waals surface area contributed by atoms with Crippen LogP contribution < -0.4 is 45.5 Å². The number of thioether (sulfide) groups is 5. The van der Waals surface area contributed by atoms with E-state index in [1.54, 1.807) is 68.4 Å². The molecule has 6 aliphatic rings. The first-order chi connectivity index (χ1) is 68.5. The largest absolute Gasteiger partial charge is 0.507 e. The third kappa shape index (κ3) is 25.9. The Morgan fingerprint density at radius 1 is 0.599 bits per heavy atom. The number of halogens is 2. The average Bonchev–Trinajstić information content (AvgIpc) is 1.67. The number of aromatic nitrogens is 8. The number of Topliss-reactive ketones (excluding diaryl/α,β-unsaturated/α-hetero) is 3. The fourth-order valence-electron chi connectivity index (χ4n) is 17.4. The summed E-state index contributed by atoms with van der Waals surface area (Å²) in [6, 6.07) is 70.9. The molecule has 4 N–H and O–H groups in total. The Labute approximate surface area is 857 Å². The Morgan fingerprint density at radius 2 is 1.27 bits per heavy atom. The summed E-state index contributed by atoms with van der Waals surface area (Å²) in [5, 5.41) is 36.9. The second kappa shape index (κ2) is 49.1. The van der Waals surface area contributed by atoms with Gasteiger partial charge in [0.1, 0.15) is 40.1 Å². The van der Waals surface area contributed by atoms with E-state index in [1.165, 1.54) is 104 Å². The minimum absolute atomic E-state index is 0. The van der Waals surface area contributed by atoms with Crippen LogP contribution in [-0.4, -0.2) is 178 Å². The summed E-state index contributed by atoms with van der Waals surface area (Å²) in [5.41, 5.74) is 15.3. The number of aliphatic imine (C=N–C) groups is 2. The zero-order valence-corrected chi connectivity index (χ0v) is 86.0. The molecule has 2 atom stereocenters. The number of ketones is 3. The van der Waals surface area contributed by atoms with Gasteiger partial charge in [-0.25, -0.2) is 19.3 Å². The zero-order chi connectivity index (χ0) is 98.6. The molecule has 35 heteroatoms. The Hall–Kier alpha value is -13.0. The van der Waals surface area contributed by atoms with Crippen LogP contribution in [-0.2, 0) is 45.0 Å². The summed E-state index contributed by atoms with van der Waals surface area (Å²) in [6.07, 6.45) is 8.73. The number of aryl methyl sites for hydroxylation is 2. The highest BCUT2D eigenvalue weighted by molar-refractivity contribution is 8.93. The van der Waals surface area contributed by atoms with Crippen LogP contribution in [0.3, 0.4) is 0 Å². The number of carbonyl (C=O) groups excluding carboxylic acids is 6. The SMILES string of the molecule is Br.COc1ccc(-n2c(SCC(=O)c3ccc(C)cc3O)nc3ccccc32)cc1.COc1ccc(C(=O)CSC2=NCCc3ccccc32)cc1.COc1cccc(-n2c(SCC(=O)N3CC(C)CC(C)C3)nc3c(c2=N)C(C)=NC3)c1.O=C(CSc1nc2ccccc2c(=O)n1C1CCCC1)Nc1ccc2c(c1)OCCC2.O=C1Cc2ccccc2N(C(=O)CSc2nnc(Nc3ccccc3F)s2)C1. The number of piperidine rings is 1. The van der Waals surface area contributed by atoms with Gasteiger partial charge in [0, 0.05) is 78.1 Å². The topological polar surface area (TPSA) is 335 Å². The fraction of sp³-hybridized carbons (Fsp3) is 0.280. The van der Waals surface area contributed by atoms with E-state index in [1.807, 2.05) is 192 Å². The van der Waals surface area contributed by atoms with Gasteiger partial charge in [-0.3, -0.25) is 62.7 Å². The molecule has 732 valence electrons. The van der Waals surface area contributed by atoms with Crippen molar-refractivity contribution < 1.29 is 57.2 Å². The number of para-hydroxylation sites is 5. The van der Waals surface area contributed by atoms with E-state index in [4.69, 9.17) is 39.3 Å².